The highest BCUT2D eigenvalue weighted by atomic mass is 16.5. The Morgan fingerprint density at radius 3 is 2.81 bits per heavy atom. The summed E-state index contributed by atoms with van der Waals surface area (Å²) in [5, 5.41) is 0. The monoisotopic (exact) mass is 226 g/mol. The number of carbonyl (C=O) groups excluding carboxylic acids is 1. The van der Waals surface area contributed by atoms with Gasteiger partial charge < -0.3 is 15.4 Å². The summed E-state index contributed by atoms with van der Waals surface area (Å²) < 4.78 is 5.54. The first-order valence-corrected chi connectivity index (χ1v) is 6.35. The van der Waals surface area contributed by atoms with Crippen LogP contribution >= 0.6 is 0 Å². The molecule has 1 saturated carbocycles. The molecule has 2 aliphatic rings. The van der Waals surface area contributed by atoms with Crippen LogP contribution in [0.15, 0.2) is 0 Å². The Kier molecular flexibility index (Phi) is 4.18. The lowest BCUT2D eigenvalue weighted by Gasteiger charge is -2.16. The van der Waals surface area contributed by atoms with Gasteiger partial charge in [0.25, 0.3) is 0 Å². The lowest BCUT2D eigenvalue weighted by Crippen LogP contribution is -2.28. The van der Waals surface area contributed by atoms with Crippen molar-refractivity contribution in [3.8, 4) is 0 Å². The standard InChI is InChI=1S/C12H22N2O2/c13-7-11-6-12(15)14(8-11)4-1-5-16-9-10-2-3-10/h10-11H,1-9,13H2. The van der Waals surface area contributed by atoms with Crippen molar-refractivity contribution >= 4 is 5.91 Å². The lowest BCUT2D eigenvalue weighted by atomic mass is 10.1. The Hall–Kier alpha value is -0.610. The fraction of sp³-hybridized carbons (Fsp3) is 0.917. The first-order chi connectivity index (χ1) is 7.79. The van der Waals surface area contributed by atoms with Gasteiger partial charge in [-0.3, -0.25) is 4.79 Å². The minimum absolute atomic E-state index is 0.262. The number of rotatable bonds is 7. The average molecular weight is 226 g/mol. The molecule has 1 heterocycles. The number of likely N-dealkylation sites (tertiary alicyclic amines) is 1. The number of nitrogens with two attached hydrogens (primary N) is 1. The van der Waals surface area contributed by atoms with Crippen LogP contribution in [0, 0.1) is 11.8 Å². The van der Waals surface area contributed by atoms with Gasteiger partial charge in [0.2, 0.25) is 5.91 Å². The number of ether oxygens (including phenoxy) is 1. The largest absolute Gasteiger partial charge is 0.381 e. The first-order valence-electron chi connectivity index (χ1n) is 6.35. The quantitative estimate of drug-likeness (QED) is 0.647. The minimum atomic E-state index is 0.262. The summed E-state index contributed by atoms with van der Waals surface area (Å²) in [6.07, 6.45) is 4.26. The van der Waals surface area contributed by atoms with E-state index in [4.69, 9.17) is 10.5 Å². The molecule has 1 saturated heterocycles. The van der Waals surface area contributed by atoms with Crippen molar-refractivity contribution < 1.29 is 9.53 Å². The Labute approximate surface area is 97.1 Å². The smallest absolute Gasteiger partial charge is 0.222 e. The lowest BCUT2D eigenvalue weighted by molar-refractivity contribution is -0.127. The van der Waals surface area contributed by atoms with Crippen LogP contribution in [0.1, 0.15) is 25.7 Å². The molecule has 4 heteroatoms. The Morgan fingerprint density at radius 2 is 2.19 bits per heavy atom. The van der Waals surface area contributed by atoms with E-state index in [-0.39, 0.29) is 5.91 Å². The molecule has 2 rings (SSSR count). The van der Waals surface area contributed by atoms with Gasteiger partial charge in [-0.05, 0) is 37.6 Å². The molecule has 0 aromatic carbocycles. The second-order valence-corrected chi connectivity index (χ2v) is 5.02. The summed E-state index contributed by atoms with van der Waals surface area (Å²) in [6, 6.07) is 0. The third-order valence-corrected chi connectivity index (χ3v) is 3.40. The van der Waals surface area contributed by atoms with Crippen LogP contribution in [0.3, 0.4) is 0 Å². The molecule has 0 aromatic rings. The van der Waals surface area contributed by atoms with Gasteiger partial charge in [0.05, 0.1) is 0 Å². The summed E-state index contributed by atoms with van der Waals surface area (Å²) in [6.45, 7) is 4.01. The molecule has 92 valence electrons. The van der Waals surface area contributed by atoms with Gasteiger partial charge in [0.1, 0.15) is 0 Å². The van der Waals surface area contributed by atoms with Crippen molar-refractivity contribution in [3.05, 3.63) is 0 Å². The van der Waals surface area contributed by atoms with Crippen LogP contribution in [0.5, 0.6) is 0 Å². The molecule has 0 radical (unpaired) electrons. The van der Waals surface area contributed by atoms with Crippen LogP contribution in [0.2, 0.25) is 0 Å². The van der Waals surface area contributed by atoms with Gasteiger partial charge in [-0.1, -0.05) is 0 Å². The molecule has 16 heavy (non-hydrogen) atoms. The SMILES string of the molecule is NCC1CC(=O)N(CCCOCC2CC2)C1. The average Bonchev–Trinajstić information content (AvgIpc) is 3.03. The van der Waals surface area contributed by atoms with Crippen LogP contribution < -0.4 is 5.73 Å². The number of hydrogen-bond donors (Lipinski definition) is 1. The summed E-state index contributed by atoms with van der Waals surface area (Å²) in [7, 11) is 0. The third-order valence-electron chi connectivity index (χ3n) is 3.40. The van der Waals surface area contributed by atoms with Crippen LogP contribution in [0.4, 0.5) is 0 Å². The molecule has 1 aliphatic heterocycles. The van der Waals surface area contributed by atoms with Gasteiger partial charge in [-0.2, -0.15) is 0 Å². The molecule has 1 unspecified atom stereocenters. The molecule has 1 atom stereocenters. The highest BCUT2D eigenvalue weighted by molar-refractivity contribution is 5.78. The molecule has 2 fully saturated rings. The van der Waals surface area contributed by atoms with Gasteiger partial charge in [0.15, 0.2) is 0 Å². The molecule has 0 spiro atoms. The maximum Gasteiger partial charge on any atom is 0.222 e. The van der Waals surface area contributed by atoms with Gasteiger partial charge in [-0.25, -0.2) is 0 Å². The number of hydrogen-bond acceptors (Lipinski definition) is 3. The van der Waals surface area contributed by atoms with Crippen LogP contribution in [-0.4, -0.2) is 43.7 Å². The fourth-order valence-electron chi connectivity index (χ4n) is 2.12. The number of nitrogens with zero attached hydrogens (tertiary/aromatic N) is 1. The number of amides is 1. The van der Waals surface area contributed by atoms with E-state index in [1.165, 1.54) is 12.8 Å². The zero-order valence-corrected chi connectivity index (χ0v) is 9.86. The van der Waals surface area contributed by atoms with Crippen molar-refractivity contribution in [1.82, 2.24) is 4.90 Å². The van der Waals surface area contributed by atoms with E-state index in [0.717, 1.165) is 38.6 Å². The molecule has 0 aromatic heterocycles. The second kappa shape index (κ2) is 5.64. The van der Waals surface area contributed by atoms with Crippen molar-refractivity contribution in [1.29, 1.82) is 0 Å². The fourth-order valence-corrected chi connectivity index (χ4v) is 2.12. The van der Waals surface area contributed by atoms with Crippen molar-refractivity contribution in [2.75, 3.05) is 32.8 Å². The highest BCUT2D eigenvalue weighted by Crippen LogP contribution is 2.28. The van der Waals surface area contributed by atoms with Crippen LogP contribution in [0.25, 0.3) is 0 Å². The van der Waals surface area contributed by atoms with E-state index in [1.54, 1.807) is 0 Å². The van der Waals surface area contributed by atoms with Gasteiger partial charge in [0, 0.05) is 32.7 Å². The Morgan fingerprint density at radius 1 is 1.38 bits per heavy atom. The molecule has 1 amide bonds. The molecule has 4 nitrogen and oxygen atoms in total. The zero-order chi connectivity index (χ0) is 11.4. The first kappa shape index (κ1) is 11.9. The maximum absolute atomic E-state index is 11.6. The van der Waals surface area contributed by atoms with E-state index in [0.29, 0.717) is 18.9 Å². The summed E-state index contributed by atoms with van der Waals surface area (Å²) in [5.74, 6) is 1.47. The van der Waals surface area contributed by atoms with E-state index >= 15 is 0 Å². The molecule has 2 N–H and O–H groups in total. The van der Waals surface area contributed by atoms with E-state index in [1.807, 2.05) is 4.90 Å². The predicted molar refractivity (Wildman–Crippen MR) is 61.9 cm³/mol. The number of carbonyl (C=O) groups is 1. The van der Waals surface area contributed by atoms with Crippen molar-refractivity contribution in [3.63, 3.8) is 0 Å². The van der Waals surface area contributed by atoms with Crippen molar-refractivity contribution in [2.45, 2.75) is 25.7 Å². The van der Waals surface area contributed by atoms with E-state index < -0.39 is 0 Å². The molecular weight excluding hydrogens is 204 g/mol. The summed E-state index contributed by atoms with van der Waals surface area (Å²) in [5.41, 5.74) is 5.57. The Bertz CT molecular complexity index is 241. The van der Waals surface area contributed by atoms with E-state index in [2.05, 4.69) is 0 Å². The topological polar surface area (TPSA) is 55.6 Å². The summed E-state index contributed by atoms with van der Waals surface area (Å²) >= 11 is 0. The second-order valence-electron chi connectivity index (χ2n) is 5.02. The molecular formula is C12H22N2O2. The summed E-state index contributed by atoms with van der Waals surface area (Å²) in [4.78, 5) is 13.5. The minimum Gasteiger partial charge on any atom is -0.381 e. The predicted octanol–water partition coefficient (Wildman–Crippen LogP) is 0.610. The molecule has 0 bridgehead atoms. The normalized spacial score (nSPS) is 25.4. The van der Waals surface area contributed by atoms with E-state index in [9.17, 15) is 4.79 Å². The zero-order valence-electron chi connectivity index (χ0n) is 9.86. The Balaban J connectivity index is 1.53. The van der Waals surface area contributed by atoms with Crippen LogP contribution in [-0.2, 0) is 9.53 Å². The molecule has 1 aliphatic carbocycles. The maximum atomic E-state index is 11.6. The third kappa shape index (κ3) is 3.46. The van der Waals surface area contributed by atoms with Gasteiger partial charge in [-0.15, -0.1) is 0 Å². The van der Waals surface area contributed by atoms with Crippen molar-refractivity contribution in [2.24, 2.45) is 17.6 Å². The van der Waals surface area contributed by atoms with Gasteiger partial charge >= 0.3 is 0 Å². The highest BCUT2D eigenvalue weighted by Gasteiger charge is 2.27.